The molecule has 2 N–H and O–H groups in total. The first-order valence-corrected chi connectivity index (χ1v) is 7.28. The normalized spacial score (nSPS) is 10.6. The van der Waals surface area contributed by atoms with Gasteiger partial charge in [0, 0.05) is 38.6 Å². The van der Waals surface area contributed by atoms with Crippen molar-refractivity contribution in [3.63, 3.8) is 0 Å². The topological polar surface area (TPSA) is 64.2 Å². The number of nitrogens with two attached hydrogens (primary N) is 1. The summed E-state index contributed by atoms with van der Waals surface area (Å²) >= 11 is 0. The standard InChI is InChI=1S/C16H22N4O/c1-3-19-10-9-18-15(16(19)21)20(4-2)12-14-8-6-5-7-13(14)11-17/h5-10H,3-4,11-12,17H2,1-2H3. The van der Waals surface area contributed by atoms with Crippen LogP contribution in [0.4, 0.5) is 5.82 Å². The number of aromatic nitrogens is 2. The van der Waals surface area contributed by atoms with Gasteiger partial charge in [-0.15, -0.1) is 0 Å². The van der Waals surface area contributed by atoms with Gasteiger partial charge in [0.15, 0.2) is 5.82 Å². The monoisotopic (exact) mass is 286 g/mol. The zero-order chi connectivity index (χ0) is 15.2. The zero-order valence-corrected chi connectivity index (χ0v) is 12.6. The Morgan fingerprint density at radius 1 is 1.24 bits per heavy atom. The molecule has 0 saturated carbocycles. The van der Waals surface area contributed by atoms with Gasteiger partial charge in [-0.2, -0.15) is 0 Å². The van der Waals surface area contributed by atoms with Crippen molar-refractivity contribution in [2.45, 2.75) is 33.5 Å². The molecule has 5 heteroatoms. The Balaban J connectivity index is 2.35. The van der Waals surface area contributed by atoms with Crippen molar-refractivity contribution in [1.82, 2.24) is 9.55 Å². The highest BCUT2D eigenvalue weighted by molar-refractivity contribution is 5.39. The summed E-state index contributed by atoms with van der Waals surface area (Å²) in [6, 6.07) is 8.04. The second kappa shape index (κ2) is 7.04. The van der Waals surface area contributed by atoms with Crippen molar-refractivity contribution in [3.8, 4) is 0 Å². The van der Waals surface area contributed by atoms with Gasteiger partial charge in [-0.3, -0.25) is 4.79 Å². The number of hydrogen-bond acceptors (Lipinski definition) is 4. The summed E-state index contributed by atoms with van der Waals surface area (Å²) < 4.78 is 1.67. The molecular weight excluding hydrogens is 264 g/mol. The van der Waals surface area contributed by atoms with Crippen LogP contribution in [-0.4, -0.2) is 16.1 Å². The molecule has 0 aliphatic carbocycles. The summed E-state index contributed by atoms with van der Waals surface area (Å²) in [4.78, 5) is 18.6. The minimum absolute atomic E-state index is 0.0490. The smallest absolute Gasteiger partial charge is 0.293 e. The Kier molecular flexibility index (Phi) is 5.11. The SMILES string of the molecule is CCN(Cc1ccccc1CN)c1nccn(CC)c1=O. The third-order valence-corrected chi connectivity index (χ3v) is 3.62. The Morgan fingerprint density at radius 3 is 2.57 bits per heavy atom. The molecule has 2 aromatic rings. The molecule has 0 fully saturated rings. The summed E-state index contributed by atoms with van der Waals surface area (Å²) in [7, 11) is 0. The van der Waals surface area contributed by atoms with E-state index < -0.39 is 0 Å². The largest absolute Gasteiger partial charge is 0.348 e. The third kappa shape index (κ3) is 3.31. The van der Waals surface area contributed by atoms with Crippen LogP contribution >= 0.6 is 0 Å². The summed E-state index contributed by atoms with van der Waals surface area (Å²) in [5, 5.41) is 0. The Morgan fingerprint density at radius 2 is 1.95 bits per heavy atom. The van der Waals surface area contributed by atoms with Crippen molar-refractivity contribution in [3.05, 3.63) is 58.1 Å². The Hall–Kier alpha value is -2.14. The quantitative estimate of drug-likeness (QED) is 0.878. The van der Waals surface area contributed by atoms with Crippen molar-refractivity contribution in [2.75, 3.05) is 11.4 Å². The van der Waals surface area contributed by atoms with Crippen molar-refractivity contribution >= 4 is 5.82 Å². The van der Waals surface area contributed by atoms with E-state index in [0.29, 0.717) is 25.5 Å². The van der Waals surface area contributed by atoms with Crippen molar-refractivity contribution < 1.29 is 0 Å². The lowest BCUT2D eigenvalue weighted by Crippen LogP contribution is -2.33. The van der Waals surface area contributed by atoms with E-state index in [4.69, 9.17) is 5.73 Å². The van der Waals surface area contributed by atoms with Crippen LogP contribution in [0.1, 0.15) is 25.0 Å². The van der Waals surface area contributed by atoms with E-state index in [2.05, 4.69) is 4.98 Å². The molecule has 0 aliphatic heterocycles. The molecule has 112 valence electrons. The first kappa shape index (κ1) is 15.3. The first-order valence-electron chi connectivity index (χ1n) is 7.28. The van der Waals surface area contributed by atoms with E-state index in [0.717, 1.165) is 17.7 Å². The number of nitrogens with zero attached hydrogens (tertiary/aromatic N) is 3. The maximum absolute atomic E-state index is 12.4. The molecule has 0 spiro atoms. The summed E-state index contributed by atoms with van der Waals surface area (Å²) in [5.74, 6) is 0.494. The van der Waals surface area contributed by atoms with Gasteiger partial charge in [0.2, 0.25) is 0 Å². The fraction of sp³-hybridized carbons (Fsp3) is 0.375. The van der Waals surface area contributed by atoms with Crippen molar-refractivity contribution in [1.29, 1.82) is 0 Å². The highest BCUT2D eigenvalue weighted by Gasteiger charge is 2.13. The molecular formula is C16H22N4O. The van der Waals surface area contributed by atoms with Crippen LogP contribution in [0.3, 0.4) is 0 Å². The van der Waals surface area contributed by atoms with Gasteiger partial charge in [0.05, 0.1) is 0 Å². The van der Waals surface area contributed by atoms with Gasteiger partial charge < -0.3 is 15.2 Å². The molecule has 5 nitrogen and oxygen atoms in total. The predicted molar refractivity (Wildman–Crippen MR) is 85.2 cm³/mol. The highest BCUT2D eigenvalue weighted by Crippen LogP contribution is 2.14. The number of aryl methyl sites for hydroxylation is 1. The van der Waals surface area contributed by atoms with E-state index in [1.54, 1.807) is 17.0 Å². The number of anilines is 1. The fourth-order valence-electron chi connectivity index (χ4n) is 2.35. The van der Waals surface area contributed by atoms with Gasteiger partial charge in [-0.25, -0.2) is 4.98 Å². The molecule has 0 saturated heterocycles. The minimum atomic E-state index is -0.0490. The lowest BCUT2D eigenvalue weighted by atomic mass is 10.1. The third-order valence-electron chi connectivity index (χ3n) is 3.62. The first-order chi connectivity index (χ1) is 10.2. The van der Waals surface area contributed by atoms with E-state index in [1.807, 2.05) is 43.0 Å². The molecule has 0 atom stereocenters. The van der Waals surface area contributed by atoms with Gasteiger partial charge in [-0.1, -0.05) is 24.3 Å². The minimum Gasteiger partial charge on any atom is -0.348 e. The van der Waals surface area contributed by atoms with E-state index >= 15 is 0 Å². The molecule has 21 heavy (non-hydrogen) atoms. The van der Waals surface area contributed by atoms with Crippen LogP contribution in [-0.2, 0) is 19.6 Å². The van der Waals surface area contributed by atoms with Crippen LogP contribution < -0.4 is 16.2 Å². The van der Waals surface area contributed by atoms with Crippen LogP contribution in [0.15, 0.2) is 41.5 Å². The second-order valence-electron chi connectivity index (χ2n) is 4.83. The maximum Gasteiger partial charge on any atom is 0.293 e. The molecule has 1 aromatic carbocycles. The molecule has 1 heterocycles. The van der Waals surface area contributed by atoms with Gasteiger partial charge in [0.25, 0.3) is 5.56 Å². The lowest BCUT2D eigenvalue weighted by Gasteiger charge is -2.23. The summed E-state index contributed by atoms with van der Waals surface area (Å²) in [6.45, 7) is 6.47. The average molecular weight is 286 g/mol. The zero-order valence-electron chi connectivity index (χ0n) is 12.6. The molecule has 0 amide bonds. The average Bonchev–Trinajstić information content (AvgIpc) is 2.53. The van der Waals surface area contributed by atoms with E-state index in [9.17, 15) is 4.79 Å². The molecule has 0 bridgehead atoms. The molecule has 1 aromatic heterocycles. The number of hydrogen-bond donors (Lipinski definition) is 1. The van der Waals surface area contributed by atoms with Crippen LogP contribution in [0.5, 0.6) is 0 Å². The van der Waals surface area contributed by atoms with E-state index in [1.165, 1.54) is 0 Å². The van der Waals surface area contributed by atoms with Gasteiger partial charge >= 0.3 is 0 Å². The number of rotatable bonds is 6. The van der Waals surface area contributed by atoms with Crippen LogP contribution in [0, 0.1) is 0 Å². The summed E-state index contributed by atoms with van der Waals surface area (Å²) in [6.07, 6.45) is 3.39. The Labute approximate surface area is 125 Å². The highest BCUT2D eigenvalue weighted by atomic mass is 16.1. The van der Waals surface area contributed by atoms with Gasteiger partial charge in [0.1, 0.15) is 0 Å². The van der Waals surface area contributed by atoms with Crippen LogP contribution in [0.2, 0.25) is 0 Å². The maximum atomic E-state index is 12.4. The Bertz CT molecular complexity index is 651. The van der Waals surface area contributed by atoms with E-state index in [-0.39, 0.29) is 5.56 Å². The van der Waals surface area contributed by atoms with Crippen LogP contribution in [0.25, 0.3) is 0 Å². The molecule has 2 rings (SSSR count). The summed E-state index contributed by atoms with van der Waals surface area (Å²) in [5.41, 5.74) is 7.97. The molecule has 0 unspecified atom stereocenters. The molecule has 0 radical (unpaired) electrons. The predicted octanol–water partition coefficient (Wildman–Crippen LogP) is 1.75. The second-order valence-corrected chi connectivity index (χ2v) is 4.83. The molecule has 0 aliphatic rings. The lowest BCUT2D eigenvalue weighted by molar-refractivity contribution is 0.698. The number of benzene rings is 1. The fourth-order valence-corrected chi connectivity index (χ4v) is 2.35. The van der Waals surface area contributed by atoms with Crippen molar-refractivity contribution in [2.24, 2.45) is 5.73 Å². The van der Waals surface area contributed by atoms with Gasteiger partial charge in [-0.05, 0) is 25.0 Å².